The van der Waals surface area contributed by atoms with E-state index in [1.165, 1.54) is 0 Å². The maximum Gasteiger partial charge on any atom is 0.260 e. The van der Waals surface area contributed by atoms with Crippen molar-refractivity contribution in [1.82, 2.24) is 25.2 Å². The number of amides is 2. The number of hydrogen-bond donors (Lipinski definition) is 2. The molecule has 3 aromatic rings. The topological polar surface area (TPSA) is 118 Å². The molecule has 0 saturated carbocycles. The molecule has 0 radical (unpaired) electrons. The number of nitrogens with one attached hydrogen (secondary N) is 2. The Labute approximate surface area is 197 Å². The van der Waals surface area contributed by atoms with Crippen LogP contribution in [0, 0.1) is 24.2 Å². The lowest BCUT2D eigenvalue weighted by Crippen LogP contribution is -2.51. The van der Waals surface area contributed by atoms with Crippen molar-refractivity contribution in [1.29, 1.82) is 5.26 Å². The number of fused-ring (bicyclic) bond motifs is 2. The Kier molecular flexibility index (Phi) is 5.49. The monoisotopic (exact) mass is 455 g/mol. The van der Waals surface area contributed by atoms with E-state index >= 15 is 0 Å². The average Bonchev–Trinajstić information content (AvgIpc) is 3.37. The van der Waals surface area contributed by atoms with Crippen molar-refractivity contribution in [3.63, 3.8) is 0 Å². The number of anilines is 1. The second-order valence-corrected chi connectivity index (χ2v) is 8.62. The third kappa shape index (κ3) is 3.67. The fraction of sp³-hybridized carbons (Fsp3) is 0.320. The highest BCUT2D eigenvalue weighted by atomic mass is 16.2. The minimum absolute atomic E-state index is 0.0454. The molecule has 34 heavy (non-hydrogen) atoms. The van der Waals surface area contributed by atoms with Crippen LogP contribution in [0.15, 0.2) is 36.7 Å². The van der Waals surface area contributed by atoms with E-state index in [9.17, 15) is 9.59 Å². The summed E-state index contributed by atoms with van der Waals surface area (Å²) in [5.74, 6) is 0.294. The number of allylic oxidation sites excluding steroid dienone is 1. The summed E-state index contributed by atoms with van der Waals surface area (Å²) in [5.41, 5.74) is 5.60. The van der Waals surface area contributed by atoms with Gasteiger partial charge in [0.2, 0.25) is 5.91 Å². The zero-order chi connectivity index (χ0) is 23.8. The Morgan fingerprint density at radius 2 is 2.21 bits per heavy atom. The molecular weight excluding hydrogens is 430 g/mol. The highest BCUT2D eigenvalue weighted by molar-refractivity contribution is 6.10. The molecule has 9 heteroatoms. The molecule has 1 saturated heterocycles. The number of aromatic amines is 1. The van der Waals surface area contributed by atoms with E-state index in [0.717, 1.165) is 28.8 Å². The molecule has 2 N–H and O–H groups in total. The highest BCUT2D eigenvalue weighted by Crippen LogP contribution is 2.31. The number of likely N-dealkylation sites (tertiary alicyclic amines) is 1. The summed E-state index contributed by atoms with van der Waals surface area (Å²) in [6.45, 7) is 5.58. The summed E-state index contributed by atoms with van der Waals surface area (Å²) in [7, 11) is 0. The number of benzene rings is 1. The second kappa shape index (κ2) is 8.63. The van der Waals surface area contributed by atoms with Crippen molar-refractivity contribution in [2.75, 3.05) is 24.5 Å². The zero-order valence-corrected chi connectivity index (χ0v) is 19.1. The Hall–Kier alpha value is -4.19. The first-order valence-electron chi connectivity index (χ1n) is 11.4. The first-order chi connectivity index (χ1) is 16.5. The summed E-state index contributed by atoms with van der Waals surface area (Å²) in [5, 5.41) is 12.2. The van der Waals surface area contributed by atoms with E-state index in [2.05, 4.69) is 21.4 Å². The third-order valence-corrected chi connectivity index (χ3v) is 6.39. The molecule has 0 atom stereocenters. The molecule has 5 rings (SSSR count). The van der Waals surface area contributed by atoms with Gasteiger partial charge in [0.15, 0.2) is 11.5 Å². The zero-order valence-electron chi connectivity index (χ0n) is 19.1. The lowest BCUT2D eigenvalue weighted by molar-refractivity contribution is -0.134. The summed E-state index contributed by atoms with van der Waals surface area (Å²) in [6.07, 6.45) is 6.18. The predicted molar refractivity (Wildman–Crippen MR) is 128 cm³/mol. The lowest BCUT2D eigenvalue weighted by Gasteiger charge is -2.35. The minimum Gasteiger partial charge on any atom is -0.376 e. The number of aryl methyl sites for hydroxylation is 1. The fourth-order valence-electron chi connectivity index (χ4n) is 4.42. The SMILES string of the molecule is CC/C=C(/NCC(=O)N1CC(C#N)C1)c1c[nH]c2ncc(N3Cc4c(C)cccc4C3=O)nc12. The van der Waals surface area contributed by atoms with Crippen LogP contribution in [0.4, 0.5) is 5.82 Å². The van der Waals surface area contributed by atoms with Crippen LogP contribution >= 0.6 is 0 Å². The van der Waals surface area contributed by atoms with Crippen LogP contribution < -0.4 is 10.2 Å². The minimum atomic E-state index is -0.0808. The van der Waals surface area contributed by atoms with Crippen LogP contribution in [-0.4, -0.2) is 51.3 Å². The van der Waals surface area contributed by atoms with Crippen LogP contribution in [0.2, 0.25) is 0 Å². The molecule has 2 aromatic heterocycles. The summed E-state index contributed by atoms with van der Waals surface area (Å²) in [6, 6.07) is 7.92. The van der Waals surface area contributed by atoms with Gasteiger partial charge in [0.05, 0.1) is 31.3 Å². The van der Waals surface area contributed by atoms with Gasteiger partial charge in [-0.15, -0.1) is 0 Å². The Balaban J connectivity index is 1.39. The third-order valence-electron chi connectivity index (χ3n) is 6.39. The van der Waals surface area contributed by atoms with Gasteiger partial charge in [0.1, 0.15) is 5.52 Å². The molecule has 0 unspecified atom stereocenters. The number of nitriles is 1. The van der Waals surface area contributed by atoms with Crippen molar-refractivity contribution in [2.45, 2.75) is 26.8 Å². The number of carbonyl (C=O) groups is 2. The van der Waals surface area contributed by atoms with Crippen molar-refractivity contribution in [2.24, 2.45) is 5.92 Å². The van der Waals surface area contributed by atoms with Gasteiger partial charge in [-0.05, 0) is 30.5 Å². The predicted octanol–water partition coefficient (Wildman–Crippen LogP) is 2.75. The van der Waals surface area contributed by atoms with Crippen molar-refractivity contribution < 1.29 is 9.59 Å². The number of aromatic nitrogens is 3. The normalized spacial score (nSPS) is 15.9. The number of rotatable bonds is 6. The molecular formula is C25H25N7O2. The highest BCUT2D eigenvalue weighted by Gasteiger charge is 2.32. The maximum absolute atomic E-state index is 13.0. The van der Waals surface area contributed by atoms with Gasteiger partial charge >= 0.3 is 0 Å². The first kappa shape index (κ1) is 21.6. The smallest absolute Gasteiger partial charge is 0.260 e. The van der Waals surface area contributed by atoms with E-state index < -0.39 is 0 Å². The van der Waals surface area contributed by atoms with Gasteiger partial charge in [-0.25, -0.2) is 9.97 Å². The van der Waals surface area contributed by atoms with Gasteiger partial charge in [0, 0.05) is 36.1 Å². The van der Waals surface area contributed by atoms with Crippen molar-refractivity contribution in [3.8, 4) is 6.07 Å². The number of nitrogens with zero attached hydrogens (tertiary/aromatic N) is 5. The Morgan fingerprint density at radius 1 is 1.38 bits per heavy atom. The van der Waals surface area contributed by atoms with Crippen LogP contribution in [-0.2, 0) is 11.3 Å². The van der Waals surface area contributed by atoms with Gasteiger partial charge in [-0.2, -0.15) is 5.26 Å². The Bertz CT molecular complexity index is 1360. The first-order valence-corrected chi connectivity index (χ1v) is 11.4. The van der Waals surface area contributed by atoms with E-state index in [4.69, 9.17) is 10.2 Å². The van der Waals surface area contributed by atoms with Gasteiger partial charge in [-0.3, -0.25) is 14.5 Å². The number of H-pyrrole nitrogens is 1. The van der Waals surface area contributed by atoms with Crippen LogP contribution in [0.5, 0.6) is 0 Å². The van der Waals surface area contributed by atoms with Crippen LogP contribution in [0.1, 0.15) is 40.4 Å². The van der Waals surface area contributed by atoms with E-state index in [-0.39, 0.29) is 24.3 Å². The lowest BCUT2D eigenvalue weighted by atomic mass is 10.0. The Morgan fingerprint density at radius 3 is 2.94 bits per heavy atom. The van der Waals surface area contributed by atoms with Crippen molar-refractivity contribution >= 4 is 34.5 Å². The second-order valence-electron chi connectivity index (χ2n) is 8.62. The molecule has 9 nitrogen and oxygen atoms in total. The van der Waals surface area contributed by atoms with Crippen molar-refractivity contribution in [3.05, 3.63) is 58.9 Å². The molecule has 1 fully saturated rings. The molecule has 2 aliphatic heterocycles. The van der Waals surface area contributed by atoms with E-state index in [1.54, 1.807) is 16.0 Å². The molecule has 2 aliphatic rings. The van der Waals surface area contributed by atoms with Crippen LogP contribution in [0.25, 0.3) is 16.9 Å². The molecule has 2 amide bonds. The molecule has 172 valence electrons. The molecule has 1 aromatic carbocycles. The van der Waals surface area contributed by atoms with E-state index in [1.807, 2.05) is 44.3 Å². The number of hydrogen-bond acceptors (Lipinski definition) is 6. The van der Waals surface area contributed by atoms with Crippen LogP contribution in [0.3, 0.4) is 0 Å². The maximum atomic E-state index is 13.0. The molecule has 4 heterocycles. The fourth-order valence-corrected chi connectivity index (χ4v) is 4.42. The molecule has 0 aliphatic carbocycles. The van der Waals surface area contributed by atoms with Gasteiger partial charge in [0.25, 0.3) is 5.91 Å². The summed E-state index contributed by atoms with van der Waals surface area (Å²) < 4.78 is 0. The summed E-state index contributed by atoms with van der Waals surface area (Å²) in [4.78, 5) is 41.3. The number of carbonyl (C=O) groups excluding carboxylic acids is 2. The molecule has 0 spiro atoms. The quantitative estimate of drug-likeness (QED) is 0.590. The molecule has 0 bridgehead atoms. The standard InChI is InChI=1S/C25H25N7O2/c1-3-5-20(27-11-22(33)31-12-16(8-26)13-31)18-9-28-24-23(18)30-21(10-29-24)32-14-19-15(2)6-4-7-17(19)25(32)34/h4-7,9-10,16,27H,3,11-14H2,1-2H3,(H,28,29)/b20-5+. The largest absolute Gasteiger partial charge is 0.376 e. The average molecular weight is 456 g/mol. The van der Waals surface area contributed by atoms with Gasteiger partial charge < -0.3 is 15.2 Å². The summed E-state index contributed by atoms with van der Waals surface area (Å²) >= 11 is 0. The van der Waals surface area contributed by atoms with E-state index in [0.29, 0.717) is 42.2 Å². The van der Waals surface area contributed by atoms with Gasteiger partial charge in [-0.1, -0.05) is 25.1 Å².